The van der Waals surface area contributed by atoms with Gasteiger partial charge in [0.05, 0.1) is 60.2 Å². The second kappa shape index (κ2) is 9.07. The zero-order valence-corrected chi connectivity index (χ0v) is 21.0. The smallest absolute Gasteiger partial charge is 0.202 e. The number of quaternary nitrogens is 1. The van der Waals surface area contributed by atoms with Gasteiger partial charge in [0.15, 0.2) is 12.1 Å². The minimum atomic E-state index is -1.73. The van der Waals surface area contributed by atoms with Crippen LogP contribution in [-0.2, 0) is 15.9 Å². The first kappa shape index (κ1) is 25.6. The number of carbonyl (C=O) groups excluding carboxylic acids is 2. The van der Waals surface area contributed by atoms with Crippen LogP contribution in [0.4, 0.5) is 0 Å². The van der Waals surface area contributed by atoms with E-state index in [4.69, 9.17) is 14.2 Å². The van der Waals surface area contributed by atoms with Gasteiger partial charge in [-0.05, 0) is 19.9 Å². The Balaban J connectivity index is 1.69. The lowest BCUT2D eigenvalue weighted by atomic mass is 9.71. The lowest BCUT2D eigenvalue weighted by Gasteiger charge is -2.43. The quantitative estimate of drug-likeness (QED) is 0.320. The van der Waals surface area contributed by atoms with Gasteiger partial charge in [0.25, 0.3) is 0 Å². The van der Waals surface area contributed by atoms with Crippen molar-refractivity contribution in [2.75, 3.05) is 7.11 Å². The third kappa shape index (κ3) is 4.00. The number of phenolic OH excluding ortho intramolecular Hbond substituents is 2. The Morgan fingerprint density at radius 1 is 1.11 bits per heavy atom. The van der Waals surface area contributed by atoms with Crippen LogP contribution in [0.2, 0.25) is 0 Å². The predicted octanol–water partition coefficient (Wildman–Crippen LogP) is 1.13. The Bertz CT molecular complexity index is 1280. The molecule has 2 aromatic carbocycles. The molecule has 3 aliphatic rings. The number of hydrogen-bond donors (Lipinski definition) is 5. The third-order valence-corrected chi connectivity index (χ3v) is 7.77. The van der Waals surface area contributed by atoms with Crippen LogP contribution in [0.1, 0.15) is 82.2 Å². The number of ether oxygens (including phenoxy) is 3. The van der Waals surface area contributed by atoms with E-state index in [2.05, 4.69) is 5.73 Å². The normalized spacial score (nSPS) is 29.8. The van der Waals surface area contributed by atoms with Gasteiger partial charge < -0.3 is 40.4 Å². The van der Waals surface area contributed by atoms with Crippen molar-refractivity contribution < 1.29 is 50.0 Å². The molecule has 198 valence electrons. The van der Waals surface area contributed by atoms with Crippen LogP contribution >= 0.6 is 0 Å². The number of carbonyl (C=O) groups is 2. The molecule has 0 amide bonds. The van der Waals surface area contributed by atoms with Crippen molar-refractivity contribution in [3.63, 3.8) is 0 Å². The molecule has 7 N–H and O–H groups in total. The van der Waals surface area contributed by atoms with Crippen LogP contribution < -0.4 is 10.5 Å². The van der Waals surface area contributed by atoms with Crippen LogP contribution in [0.3, 0.4) is 0 Å². The summed E-state index contributed by atoms with van der Waals surface area (Å²) in [6, 6.07) is 4.60. The molecule has 0 aromatic heterocycles. The van der Waals surface area contributed by atoms with E-state index >= 15 is 0 Å². The van der Waals surface area contributed by atoms with Crippen molar-refractivity contribution in [3.8, 4) is 17.2 Å². The zero-order chi connectivity index (χ0) is 26.8. The van der Waals surface area contributed by atoms with Gasteiger partial charge in [-0.25, -0.2) is 0 Å². The van der Waals surface area contributed by atoms with Crippen LogP contribution in [0.25, 0.3) is 0 Å². The van der Waals surface area contributed by atoms with Crippen molar-refractivity contribution in [2.45, 2.75) is 75.8 Å². The molecule has 0 bridgehead atoms. The van der Waals surface area contributed by atoms with E-state index in [1.165, 1.54) is 26.2 Å². The summed E-state index contributed by atoms with van der Waals surface area (Å²) in [7, 11) is 1.37. The van der Waals surface area contributed by atoms with Gasteiger partial charge in [-0.2, -0.15) is 0 Å². The van der Waals surface area contributed by atoms with Gasteiger partial charge in [0, 0.05) is 36.0 Å². The summed E-state index contributed by atoms with van der Waals surface area (Å²) in [5.74, 6) is -2.21. The number of rotatable bonds is 4. The van der Waals surface area contributed by atoms with E-state index in [1.807, 2.05) is 6.92 Å². The molecule has 5 unspecified atom stereocenters. The number of aliphatic hydroxyl groups is 2. The fraction of sp³-hybridized carbons (Fsp3) is 0.481. The van der Waals surface area contributed by atoms with Crippen molar-refractivity contribution in [1.29, 1.82) is 0 Å². The number of ketones is 2. The van der Waals surface area contributed by atoms with E-state index in [1.54, 1.807) is 6.07 Å². The maximum atomic E-state index is 13.6. The summed E-state index contributed by atoms with van der Waals surface area (Å²) in [6.45, 7) is 3.31. The lowest BCUT2D eigenvalue weighted by Crippen LogP contribution is -2.65. The number of hydrogen-bond acceptors (Lipinski definition) is 9. The van der Waals surface area contributed by atoms with Crippen LogP contribution in [0.15, 0.2) is 18.2 Å². The van der Waals surface area contributed by atoms with E-state index in [0.29, 0.717) is 6.42 Å². The van der Waals surface area contributed by atoms with Gasteiger partial charge in [-0.15, -0.1) is 0 Å². The number of aromatic hydroxyl groups is 2. The van der Waals surface area contributed by atoms with Gasteiger partial charge in [0.2, 0.25) is 5.78 Å². The molecule has 1 fully saturated rings. The van der Waals surface area contributed by atoms with Crippen molar-refractivity contribution >= 4 is 11.6 Å². The fourth-order valence-electron chi connectivity index (χ4n) is 5.86. The average Bonchev–Trinajstić information content (AvgIpc) is 2.83. The van der Waals surface area contributed by atoms with Crippen LogP contribution in [0.5, 0.6) is 17.2 Å². The number of aliphatic hydroxyl groups excluding tert-OH is 1. The van der Waals surface area contributed by atoms with Gasteiger partial charge in [0.1, 0.15) is 17.2 Å². The second-order valence-corrected chi connectivity index (χ2v) is 10.4. The minimum Gasteiger partial charge on any atom is -0.507 e. The standard InChI is InChI=1S/C27H31NO9/c1-11-7-13(28)8-18(36-11)37-17-10-27(34,12(2)29)9-15-20(17)26(33)22-21(24(15)31)23(30)14-5-4-6-16(35-3)19(14)25(22)32/h4-6,11-13,17-18,29,31,33-34H,7-10,28H2,1-3H3/p+1/t11?,12?,13?,17-,18?,27?/m0/s1. The van der Waals surface area contributed by atoms with Crippen molar-refractivity contribution in [1.82, 2.24) is 0 Å². The molecule has 0 spiro atoms. The maximum Gasteiger partial charge on any atom is 0.202 e. The SMILES string of the molecule is COc1cccc2c1C(=O)c1c(O)c3c(c(O)c1C2=O)CC(O)(C(C)O)C[C@@H]3OC1CC([NH3+])CC(C)O1. The fourth-order valence-corrected chi connectivity index (χ4v) is 5.86. The summed E-state index contributed by atoms with van der Waals surface area (Å²) in [6.07, 6.45) is -2.33. The molecule has 1 heterocycles. The van der Waals surface area contributed by atoms with Crippen molar-refractivity contribution in [3.05, 3.63) is 51.6 Å². The highest BCUT2D eigenvalue weighted by Crippen LogP contribution is 2.52. The monoisotopic (exact) mass is 514 g/mol. The first-order valence-corrected chi connectivity index (χ1v) is 12.4. The Hall–Kier alpha value is -3.02. The van der Waals surface area contributed by atoms with Crippen molar-refractivity contribution in [2.24, 2.45) is 0 Å². The topological polar surface area (TPSA) is 170 Å². The highest BCUT2D eigenvalue weighted by atomic mass is 16.7. The molecule has 1 aliphatic heterocycles. The maximum absolute atomic E-state index is 13.6. The highest BCUT2D eigenvalue weighted by molar-refractivity contribution is 6.31. The third-order valence-electron chi connectivity index (χ3n) is 7.77. The van der Waals surface area contributed by atoms with E-state index in [0.717, 1.165) is 6.42 Å². The Morgan fingerprint density at radius 3 is 2.46 bits per heavy atom. The first-order valence-electron chi connectivity index (χ1n) is 12.4. The summed E-state index contributed by atoms with van der Waals surface area (Å²) >= 11 is 0. The van der Waals surface area contributed by atoms with Gasteiger partial charge >= 0.3 is 0 Å². The molecule has 10 nitrogen and oxygen atoms in total. The molecular formula is C27H32NO9+. The molecule has 5 rings (SSSR count). The zero-order valence-electron chi connectivity index (χ0n) is 21.0. The first-order chi connectivity index (χ1) is 17.5. The highest BCUT2D eigenvalue weighted by Gasteiger charge is 2.49. The summed E-state index contributed by atoms with van der Waals surface area (Å²) in [5.41, 5.74) is 1.83. The molecule has 6 atom stereocenters. The summed E-state index contributed by atoms with van der Waals surface area (Å²) in [4.78, 5) is 27.1. The molecule has 2 aromatic rings. The van der Waals surface area contributed by atoms with Crippen LogP contribution in [-0.4, -0.2) is 69.2 Å². The Morgan fingerprint density at radius 2 is 1.81 bits per heavy atom. The Kier molecular flexibility index (Phi) is 6.28. The number of phenols is 2. The molecule has 10 heteroatoms. The van der Waals surface area contributed by atoms with Crippen LogP contribution in [0, 0.1) is 0 Å². The van der Waals surface area contributed by atoms with Gasteiger partial charge in [-0.1, -0.05) is 12.1 Å². The number of fused-ring (bicyclic) bond motifs is 3. The average molecular weight is 515 g/mol. The van der Waals surface area contributed by atoms with E-state index in [9.17, 15) is 30.0 Å². The lowest BCUT2D eigenvalue weighted by molar-refractivity contribution is -0.446. The van der Waals surface area contributed by atoms with E-state index < -0.39 is 47.2 Å². The Labute approximate surface area is 213 Å². The largest absolute Gasteiger partial charge is 0.507 e. The molecule has 1 saturated heterocycles. The molecule has 0 saturated carbocycles. The van der Waals surface area contributed by atoms with Gasteiger partial charge in [-0.3, -0.25) is 9.59 Å². The predicted molar refractivity (Wildman–Crippen MR) is 129 cm³/mol. The summed E-state index contributed by atoms with van der Waals surface area (Å²) < 4.78 is 17.4. The number of benzene rings is 2. The summed E-state index contributed by atoms with van der Waals surface area (Å²) in [5, 5.41) is 44.6. The van der Waals surface area contributed by atoms with E-state index in [-0.39, 0.29) is 64.1 Å². The minimum absolute atomic E-state index is 0.00440. The second-order valence-electron chi connectivity index (χ2n) is 10.4. The molecular weight excluding hydrogens is 482 g/mol. The number of methoxy groups -OCH3 is 1. The molecule has 2 aliphatic carbocycles. The molecule has 37 heavy (non-hydrogen) atoms. The molecule has 0 radical (unpaired) electrons.